The van der Waals surface area contributed by atoms with Crippen LogP contribution in [0.15, 0.2) is 64.7 Å². The van der Waals surface area contributed by atoms with Gasteiger partial charge in [0.15, 0.2) is 21.3 Å². The number of hydrogen-bond acceptors (Lipinski definition) is 6. The van der Waals surface area contributed by atoms with E-state index in [-0.39, 0.29) is 28.5 Å². The van der Waals surface area contributed by atoms with Gasteiger partial charge in [-0.3, -0.25) is 9.69 Å². The molecule has 7 nitrogen and oxygen atoms in total. The van der Waals surface area contributed by atoms with Crippen LogP contribution in [0.2, 0.25) is 10.0 Å². The highest BCUT2D eigenvalue weighted by atomic mass is 35.5. The van der Waals surface area contributed by atoms with Crippen LogP contribution >= 0.6 is 35.0 Å². The van der Waals surface area contributed by atoms with Crippen LogP contribution in [0.4, 0.5) is 0 Å². The number of β-lactam (4-membered cyclic amide) rings is 1. The maximum Gasteiger partial charge on any atom is 0.352 e. The van der Waals surface area contributed by atoms with Crippen LogP contribution < -0.4 is 0 Å². The third-order valence-electron chi connectivity index (χ3n) is 5.66. The molecule has 3 atom stereocenters. The molecule has 2 aromatic carbocycles. The van der Waals surface area contributed by atoms with E-state index in [1.807, 2.05) is 30.3 Å². The summed E-state index contributed by atoms with van der Waals surface area (Å²) in [5, 5.41) is 8.02. The molecule has 2 heterocycles. The van der Waals surface area contributed by atoms with Gasteiger partial charge in [-0.2, -0.15) is 0 Å². The zero-order valence-corrected chi connectivity index (χ0v) is 20.4. The Morgan fingerprint density at radius 1 is 1.15 bits per heavy atom. The maximum atomic E-state index is 13.7. The van der Waals surface area contributed by atoms with Crippen LogP contribution in [0.25, 0.3) is 0 Å². The molecule has 1 unspecified atom stereocenters. The highest BCUT2D eigenvalue weighted by Crippen LogP contribution is 2.44. The predicted octanol–water partition coefficient (Wildman–Crippen LogP) is 3.65. The van der Waals surface area contributed by atoms with E-state index in [0.29, 0.717) is 10.6 Å². The standard InChI is InChI=1S/C22H19Cl2NO6S2/c1-31-19-20(26)25-18(22(27)28)14(11-32-13-5-3-2-4-6-13)17(33(29,30)21(19)25)10-12-7-8-15(23)16(24)9-12/h2-9,17,19,21H,10-11H2,1H3,(H,27,28)/t17?,19-,21+/m0/s1. The third-order valence-corrected chi connectivity index (χ3v) is 9.84. The van der Waals surface area contributed by atoms with Gasteiger partial charge in [-0.25, -0.2) is 13.2 Å². The number of fused-ring (bicyclic) bond motifs is 1. The van der Waals surface area contributed by atoms with E-state index in [1.54, 1.807) is 18.2 Å². The van der Waals surface area contributed by atoms with Crippen molar-refractivity contribution in [3.8, 4) is 0 Å². The first-order valence-electron chi connectivity index (χ1n) is 9.83. The zero-order chi connectivity index (χ0) is 23.9. The lowest BCUT2D eigenvalue weighted by Crippen LogP contribution is -2.72. The Kier molecular flexibility index (Phi) is 6.80. The summed E-state index contributed by atoms with van der Waals surface area (Å²) in [5.41, 5.74) is 0.432. The number of methoxy groups -OCH3 is 1. The Morgan fingerprint density at radius 2 is 1.85 bits per heavy atom. The number of amides is 1. The summed E-state index contributed by atoms with van der Waals surface area (Å²) in [5.74, 6) is -1.97. The van der Waals surface area contributed by atoms with Crippen molar-refractivity contribution in [2.75, 3.05) is 12.9 Å². The highest BCUT2D eigenvalue weighted by Gasteiger charge is 2.63. The fourth-order valence-corrected chi connectivity index (χ4v) is 7.95. The van der Waals surface area contributed by atoms with E-state index in [2.05, 4.69) is 0 Å². The number of nitrogens with zero attached hydrogens (tertiary/aromatic N) is 1. The summed E-state index contributed by atoms with van der Waals surface area (Å²) in [7, 11) is -2.80. The molecule has 4 rings (SSSR count). The number of halogens is 2. The summed E-state index contributed by atoms with van der Waals surface area (Å²) < 4.78 is 32.4. The van der Waals surface area contributed by atoms with Crippen molar-refractivity contribution in [3.05, 3.63) is 75.4 Å². The molecule has 0 aliphatic carbocycles. The molecule has 0 bridgehead atoms. The number of thioether (sulfide) groups is 1. The predicted molar refractivity (Wildman–Crippen MR) is 126 cm³/mol. The van der Waals surface area contributed by atoms with Crippen LogP contribution in [0, 0.1) is 0 Å². The molecule has 2 aliphatic heterocycles. The molecule has 33 heavy (non-hydrogen) atoms. The van der Waals surface area contributed by atoms with Crippen molar-refractivity contribution in [2.24, 2.45) is 0 Å². The fourth-order valence-electron chi connectivity index (χ4n) is 4.08. The number of carboxylic acid groups (broad SMARTS) is 1. The van der Waals surface area contributed by atoms with Gasteiger partial charge in [0.2, 0.25) is 0 Å². The Bertz CT molecular complexity index is 1250. The molecule has 1 amide bonds. The number of carbonyl (C=O) groups is 2. The zero-order valence-electron chi connectivity index (χ0n) is 17.3. The summed E-state index contributed by atoms with van der Waals surface area (Å²) in [6.45, 7) is 0. The molecule has 0 saturated carbocycles. The van der Waals surface area contributed by atoms with Crippen LogP contribution in [-0.2, 0) is 30.6 Å². The van der Waals surface area contributed by atoms with Gasteiger partial charge in [-0.1, -0.05) is 47.5 Å². The first kappa shape index (κ1) is 24.1. The van der Waals surface area contributed by atoms with Crippen molar-refractivity contribution < 1.29 is 27.9 Å². The number of ether oxygens (including phenoxy) is 1. The number of carboxylic acids is 1. The van der Waals surface area contributed by atoms with Crippen LogP contribution in [0.1, 0.15) is 5.56 Å². The summed E-state index contributed by atoms with van der Waals surface area (Å²) >= 11 is 13.4. The van der Waals surface area contributed by atoms with Gasteiger partial charge in [0, 0.05) is 17.8 Å². The average molecular weight is 528 g/mol. The van der Waals surface area contributed by atoms with E-state index >= 15 is 0 Å². The second-order valence-electron chi connectivity index (χ2n) is 7.57. The number of sulfone groups is 1. The van der Waals surface area contributed by atoms with Crippen molar-refractivity contribution in [1.82, 2.24) is 4.90 Å². The number of carbonyl (C=O) groups excluding carboxylic acids is 1. The topological polar surface area (TPSA) is 101 Å². The average Bonchev–Trinajstić information content (AvgIpc) is 2.77. The van der Waals surface area contributed by atoms with Crippen LogP contribution in [-0.4, -0.2) is 59.9 Å². The second-order valence-corrected chi connectivity index (χ2v) is 11.7. The van der Waals surface area contributed by atoms with Crippen molar-refractivity contribution >= 4 is 56.7 Å². The van der Waals surface area contributed by atoms with E-state index < -0.39 is 38.4 Å². The molecule has 0 spiro atoms. The molecule has 11 heteroatoms. The second kappa shape index (κ2) is 9.31. The fraction of sp³-hybridized carbons (Fsp3) is 0.273. The minimum atomic E-state index is -4.03. The molecule has 0 radical (unpaired) electrons. The molecular formula is C22H19Cl2NO6S2. The maximum absolute atomic E-state index is 13.7. The minimum Gasteiger partial charge on any atom is -0.477 e. The molecule has 2 aromatic rings. The molecular weight excluding hydrogens is 509 g/mol. The van der Waals surface area contributed by atoms with Crippen molar-refractivity contribution in [1.29, 1.82) is 0 Å². The lowest BCUT2D eigenvalue weighted by atomic mass is 9.99. The number of aliphatic carboxylic acids is 1. The SMILES string of the molecule is CO[C@H]1C(=O)N2C(C(=O)O)=C(CSc3ccccc3)C(Cc3ccc(Cl)c(Cl)c3)S(=O)(=O)[C@H]12. The molecule has 1 N–H and O–H groups in total. The quantitative estimate of drug-likeness (QED) is 0.433. The van der Waals surface area contributed by atoms with E-state index in [4.69, 9.17) is 27.9 Å². The van der Waals surface area contributed by atoms with Crippen molar-refractivity contribution in [3.63, 3.8) is 0 Å². The molecule has 0 aromatic heterocycles. The van der Waals surface area contributed by atoms with Crippen LogP contribution in [0.3, 0.4) is 0 Å². The minimum absolute atomic E-state index is 0.0182. The Morgan fingerprint density at radius 3 is 2.45 bits per heavy atom. The molecule has 1 fully saturated rings. The van der Waals surface area contributed by atoms with Gasteiger partial charge in [0.25, 0.3) is 5.91 Å². The Balaban J connectivity index is 1.82. The molecule has 2 aliphatic rings. The van der Waals surface area contributed by atoms with E-state index in [0.717, 1.165) is 9.80 Å². The summed E-state index contributed by atoms with van der Waals surface area (Å²) in [4.78, 5) is 26.6. The highest BCUT2D eigenvalue weighted by molar-refractivity contribution is 7.99. The summed E-state index contributed by atoms with van der Waals surface area (Å²) in [6, 6.07) is 14.0. The number of rotatable bonds is 7. The smallest absolute Gasteiger partial charge is 0.352 e. The van der Waals surface area contributed by atoms with Gasteiger partial charge in [-0.05, 0) is 41.8 Å². The lowest BCUT2D eigenvalue weighted by Gasteiger charge is -2.50. The van der Waals surface area contributed by atoms with Gasteiger partial charge in [0.05, 0.1) is 15.3 Å². The first-order chi connectivity index (χ1) is 15.7. The monoisotopic (exact) mass is 527 g/mol. The first-order valence-corrected chi connectivity index (χ1v) is 13.2. The normalized spacial score (nSPS) is 23.8. The number of benzene rings is 2. The van der Waals surface area contributed by atoms with Gasteiger partial charge in [-0.15, -0.1) is 11.8 Å². The van der Waals surface area contributed by atoms with Crippen molar-refractivity contribution in [2.45, 2.75) is 28.0 Å². The Hall–Kier alpha value is -2.04. The van der Waals surface area contributed by atoms with Gasteiger partial charge >= 0.3 is 5.97 Å². The lowest BCUT2D eigenvalue weighted by molar-refractivity contribution is -0.162. The molecule has 174 valence electrons. The van der Waals surface area contributed by atoms with E-state index in [9.17, 15) is 23.1 Å². The summed E-state index contributed by atoms with van der Waals surface area (Å²) in [6.07, 6.45) is -1.26. The van der Waals surface area contributed by atoms with E-state index in [1.165, 1.54) is 18.9 Å². The van der Waals surface area contributed by atoms with Crippen LogP contribution in [0.5, 0.6) is 0 Å². The van der Waals surface area contributed by atoms with Gasteiger partial charge < -0.3 is 9.84 Å². The van der Waals surface area contributed by atoms with Gasteiger partial charge in [0.1, 0.15) is 5.70 Å². The third kappa shape index (κ3) is 4.28. The largest absolute Gasteiger partial charge is 0.477 e. The Labute approximate surface area is 205 Å². The number of hydrogen-bond donors (Lipinski definition) is 1. The molecule has 1 saturated heterocycles.